The maximum atomic E-state index is 12.8. The molecule has 0 bridgehead atoms. The predicted molar refractivity (Wildman–Crippen MR) is 125 cm³/mol. The SMILES string of the molecule is Cc1cc(C)nc(N[C@H](c2ccccn2)c2cc(C)sc2NC(=O)c2ccccc2)n1. The number of hydrogen-bond donors (Lipinski definition) is 2. The van der Waals surface area contributed by atoms with E-state index >= 15 is 0 Å². The normalized spacial score (nSPS) is 11.7. The summed E-state index contributed by atoms with van der Waals surface area (Å²) in [4.78, 5) is 27.5. The van der Waals surface area contributed by atoms with Crippen LogP contribution in [0.5, 0.6) is 0 Å². The molecule has 1 atom stereocenters. The Labute approximate surface area is 185 Å². The minimum Gasteiger partial charge on any atom is -0.342 e. The number of carbonyl (C=O) groups is 1. The fourth-order valence-electron chi connectivity index (χ4n) is 3.39. The van der Waals surface area contributed by atoms with Crippen LogP contribution in [0.4, 0.5) is 10.9 Å². The number of rotatable bonds is 6. The van der Waals surface area contributed by atoms with Gasteiger partial charge in [-0.1, -0.05) is 24.3 Å². The molecule has 31 heavy (non-hydrogen) atoms. The highest BCUT2D eigenvalue weighted by atomic mass is 32.1. The van der Waals surface area contributed by atoms with Crippen molar-refractivity contribution in [2.75, 3.05) is 10.6 Å². The average molecular weight is 430 g/mol. The topological polar surface area (TPSA) is 79.8 Å². The number of carbonyl (C=O) groups excluding carboxylic acids is 1. The van der Waals surface area contributed by atoms with Gasteiger partial charge in [0.25, 0.3) is 5.91 Å². The molecule has 4 aromatic rings. The molecule has 6 nitrogen and oxygen atoms in total. The van der Waals surface area contributed by atoms with Gasteiger partial charge >= 0.3 is 0 Å². The molecule has 1 amide bonds. The lowest BCUT2D eigenvalue weighted by Crippen LogP contribution is -2.18. The lowest BCUT2D eigenvalue weighted by Gasteiger charge is -2.20. The van der Waals surface area contributed by atoms with Gasteiger partial charge in [-0.2, -0.15) is 0 Å². The van der Waals surface area contributed by atoms with Crippen LogP contribution in [-0.4, -0.2) is 20.9 Å². The molecular weight excluding hydrogens is 406 g/mol. The zero-order valence-corrected chi connectivity index (χ0v) is 18.4. The van der Waals surface area contributed by atoms with Gasteiger partial charge in [0.1, 0.15) is 5.00 Å². The summed E-state index contributed by atoms with van der Waals surface area (Å²) in [7, 11) is 0. The van der Waals surface area contributed by atoms with Crippen LogP contribution in [0.3, 0.4) is 0 Å². The van der Waals surface area contributed by atoms with Crippen LogP contribution >= 0.6 is 11.3 Å². The van der Waals surface area contributed by atoms with E-state index in [1.165, 1.54) is 11.3 Å². The van der Waals surface area contributed by atoms with Crippen LogP contribution in [0.25, 0.3) is 0 Å². The standard InChI is InChI=1S/C24H23N5OS/c1-15-13-16(2)27-24(26-15)28-21(20-11-7-8-12-25-20)19-14-17(3)31-23(19)29-22(30)18-9-5-4-6-10-18/h4-14,21H,1-3H3,(H,29,30)(H,26,27,28)/t21-/m0/s1. The first-order valence-electron chi connectivity index (χ1n) is 9.96. The van der Waals surface area contributed by atoms with E-state index in [-0.39, 0.29) is 11.9 Å². The molecule has 0 saturated carbocycles. The molecule has 0 aliphatic rings. The quantitative estimate of drug-likeness (QED) is 0.434. The van der Waals surface area contributed by atoms with Crippen LogP contribution < -0.4 is 10.6 Å². The van der Waals surface area contributed by atoms with E-state index in [4.69, 9.17) is 0 Å². The van der Waals surface area contributed by atoms with Gasteiger partial charge in [-0.15, -0.1) is 11.3 Å². The number of aryl methyl sites for hydroxylation is 3. The molecule has 156 valence electrons. The fourth-order valence-corrected chi connectivity index (χ4v) is 4.33. The third-order valence-corrected chi connectivity index (χ3v) is 5.68. The molecule has 0 aliphatic heterocycles. The van der Waals surface area contributed by atoms with Crippen molar-refractivity contribution in [2.45, 2.75) is 26.8 Å². The number of pyridine rings is 1. The Morgan fingerprint density at radius 2 is 1.65 bits per heavy atom. The van der Waals surface area contributed by atoms with Crippen molar-refractivity contribution in [3.05, 3.63) is 99.9 Å². The molecule has 0 saturated heterocycles. The summed E-state index contributed by atoms with van der Waals surface area (Å²) >= 11 is 1.54. The zero-order chi connectivity index (χ0) is 21.8. The van der Waals surface area contributed by atoms with Gasteiger partial charge < -0.3 is 10.6 Å². The second-order valence-electron chi connectivity index (χ2n) is 7.27. The molecule has 2 N–H and O–H groups in total. The van der Waals surface area contributed by atoms with Crippen LogP contribution in [0, 0.1) is 20.8 Å². The molecular formula is C24H23N5OS. The van der Waals surface area contributed by atoms with E-state index in [1.54, 1.807) is 18.3 Å². The van der Waals surface area contributed by atoms with Crippen LogP contribution in [0.1, 0.15) is 43.9 Å². The maximum Gasteiger partial charge on any atom is 0.256 e. The van der Waals surface area contributed by atoms with Crippen molar-refractivity contribution in [3.63, 3.8) is 0 Å². The Morgan fingerprint density at radius 1 is 0.935 bits per heavy atom. The maximum absolute atomic E-state index is 12.8. The summed E-state index contributed by atoms with van der Waals surface area (Å²) in [5.74, 6) is 0.378. The van der Waals surface area contributed by atoms with Crippen molar-refractivity contribution in [3.8, 4) is 0 Å². The highest BCUT2D eigenvalue weighted by Crippen LogP contribution is 2.36. The van der Waals surface area contributed by atoms with Gasteiger partial charge in [0.05, 0.1) is 11.7 Å². The van der Waals surface area contributed by atoms with Gasteiger partial charge in [-0.25, -0.2) is 9.97 Å². The third-order valence-electron chi connectivity index (χ3n) is 4.70. The van der Waals surface area contributed by atoms with E-state index in [9.17, 15) is 4.79 Å². The second kappa shape index (κ2) is 9.06. The molecule has 0 spiro atoms. The fraction of sp³-hybridized carbons (Fsp3) is 0.167. The molecule has 7 heteroatoms. The Hall–Kier alpha value is -3.58. The summed E-state index contributed by atoms with van der Waals surface area (Å²) in [6, 6.07) is 18.7. The number of thiophene rings is 1. The van der Waals surface area contributed by atoms with Gasteiger partial charge in [0, 0.05) is 33.6 Å². The third kappa shape index (κ3) is 4.95. The van der Waals surface area contributed by atoms with E-state index in [0.717, 1.165) is 32.5 Å². The van der Waals surface area contributed by atoms with Gasteiger partial charge in [0.15, 0.2) is 0 Å². The number of anilines is 2. The summed E-state index contributed by atoms with van der Waals surface area (Å²) in [5.41, 5.74) is 4.12. The Kier molecular flexibility index (Phi) is 6.04. The van der Waals surface area contributed by atoms with Crippen molar-refractivity contribution in [1.82, 2.24) is 15.0 Å². The van der Waals surface area contributed by atoms with Crippen LogP contribution in [0.2, 0.25) is 0 Å². The first kappa shape index (κ1) is 20.7. The molecule has 0 aliphatic carbocycles. The largest absolute Gasteiger partial charge is 0.342 e. The van der Waals surface area contributed by atoms with Crippen molar-refractivity contribution in [1.29, 1.82) is 0 Å². The highest BCUT2D eigenvalue weighted by Gasteiger charge is 2.23. The number of hydrogen-bond acceptors (Lipinski definition) is 6. The summed E-state index contributed by atoms with van der Waals surface area (Å²) in [6.07, 6.45) is 1.76. The van der Waals surface area contributed by atoms with Crippen molar-refractivity contribution >= 4 is 28.2 Å². The lowest BCUT2D eigenvalue weighted by molar-refractivity contribution is 0.102. The summed E-state index contributed by atoms with van der Waals surface area (Å²) in [6.45, 7) is 5.90. The number of benzene rings is 1. The molecule has 4 rings (SSSR count). The van der Waals surface area contributed by atoms with Gasteiger partial charge in [0.2, 0.25) is 5.95 Å². The second-order valence-corrected chi connectivity index (χ2v) is 8.52. The molecule has 0 radical (unpaired) electrons. The molecule has 3 heterocycles. The Balaban J connectivity index is 1.72. The monoisotopic (exact) mass is 429 g/mol. The predicted octanol–water partition coefficient (Wildman–Crippen LogP) is 5.31. The molecule has 0 fully saturated rings. The number of nitrogens with zero attached hydrogens (tertiary/aromatic N) is 3. The van der Waals surface area contributed by atoms with E-state index < -0.39 is 0 Å². The summed E-state index contributed by atoms with van der Waals surface area (Å²) in [5, 5.41) is 7.28. The van der Waals surface area contributed by atoms with Crippen molar-refractivity contribution < 1.29 is 4.79 Å². The molecule has 1 aromatic carbocycles. The highest BCUT2D eigenvalue weighted by molar-refractivity contribution is 7.16. The number of aromatic nitrogens is 3. The Morgan fingerprint density at radius 3 is 2.32 bits per heavy atom. The Bertz CT molecular complexity index is 1170. The number of nitrogens with one attached hydrogen (secondary N) is 2. The van der Waals surface area contributed by atoms with Gasteiger partial charge in [-0.3, -0.25) is 9.78 Å². The molecule has 0 unspecified atom stereocenters. The minimum atomic E-state index is -0.321. The van der Waals surface area contributed by atoms with Crippen molar-refractivity contribution in [2.24, 2.45) is 0 Å². The number of amides is 1. The van der Waals surface area contributed by atoms with Crippen LogP contribution in [-0.2, 0) is 0 Å². The van der Waals surface area contributed by atoms with Crippen LogP contribution in [0.15, 0.2) is 66.9 Å². The minimum absolute atomic E-state index is 0.147. The summed E-state index contributed by atoms with van der Waals surface area (Å²) < 4.78 is 0. The average Bonchev–Trinajstić information content (AvgIpc) is 3.12. The van der Waals surface area contributed by atoms with E-state index in [2.05, 4.69) is 31.7 Å². The zero-order valence-electron chi connectivity index (χ0n) is 17.6. The lowest BCUT2D eigenvalue weighted by atomic mass is 10.0. The first-order valence-corrected chi connectivity index (χ1v) is 10.8. The smallest absolute Gasteiger partial charge is 0.256 e. The first-order chi connectivity index (χ1) is 15.0. The van der Waals surface area contributed by atoms with Gasteiger partial charge in [-0.05, 0) is 57.2 Å². The molecule has 3 aromatic heterocycles. The van der Waals surface area contributed by atoms with E-state index in [1.807, 2.05) is 63.2 Å². The van der Waals surface area contributed by atoms with E-state index in [0.29, 0.717) is 11.5 Å².